The molecule has 1 aromatic heterocycles. The minimum atomic E-state index is -0.224. The van der Waals surface area contributed by atoms with E-state index in [1.165, 1.54) is 0 Å². The lowest BCUT2D eigenvalue weighted by molar-refractivity contribution is 0.1000. The molecule has 0 N–H and O–H groups in total. The fourth-order valence-electron chi connectivity index (χ4n) is 1.50. The predicted molar refractivity (Wildman–Crippen MR) is 64.3 cm³/mol. The number of benzene rings is 1. The van der Waals surface area contributed by atoms with E-state index in [9.17, 15) is 4.79 Å². The summed E-state index contributed by atoms with van der Waals surface area (Å²) in [5.74, 6) is 0.658. The number of rotatable bonds is 4. The molecule has 0 amide bonds. The van der Waals surface area contributed by atoms with Crippen LogP contribution in [0.3, 0.4) is 0 Å². The molecule has 88 valence electrons. The maximum absolute atomic E-state index is 12.1. The molecule has 0 bridgehead atoms. The zero-order valence-electron chi connectivity index (χ0n) is 9.27. The molecule has 0 fully saturated rings. The summed E-state index contributed by atoms with van der Waals surface area (Å²) in [6, 6.07) is 10.2. The molecule has 0 aliphatic carbocycles. The van der Waals surface area contributed by atoms with Gasteiger partial charge in [-0.05, 0) is 24.3 Å². The molecule has 4 heteroatoms. The normalized spacial score (nSPS) is 10.5. The van der Waals surface area contributed by atoms with Crippen LogP contribution in [0.2, 0.25) is 5.02 Å². The van der Waals surface area contributed by atoms with Gasteiger partial charge in [-0.2, -0.15) is 0 Å². The summed E-state index contributed by atoms with van der Waals surface area (Å²) in [5, 5.41) is 0.419. The first-order valence-electron chi connectivity index (χ1n) is 5.09. The van der Waals surface area contributed by atoms with Crippen LogP contribution in [0, 0.1) is 0 Å². The molecule has 0 aliphatic heterocycles. The van der Waals surface area contributed by atoms with Crippen molar-refractivity contribution in [2.24, 2.45) is 0 Å². The highest BCUT2D eigenvalue weighted by Gasteiger charge is 2.16. The lowest BCUT2D eigenvalue weighted by Gasteiger charge is -2.00. The number of hydrogen-bond donors (Lipinski definition) is 0. The quantitative estimate of drug-likeness (QED) is 0.782. The fraction of sp³-hybridized carbons (Fsp3) is 0.154. The standard InChI is InChI=1S/C13H11ClO3/c1-16-8-9-6-7-12(17-9)13(15)10-4-2-3-5-11(10)14/h2-7H,8H2,1H3. The van der Waals surface area contributed by atoms with Crippen LogP contribution in [0.4, 0.5) is 0 Å². The Kier molecular flexibility index (Phi) is 3.61. The average molecular weight is 251 g/mol. The summed E-state index contributed by atoms with van der Waals surface area (Å²) < 4.78 is 10.3. The zero-order chi connectivity index (χ0) is 12.3. The second-order valence-electron chi connectivity index (χ2n) is 3.51. The first-order chi connectivity index (χ1) is 8.22. The molecule has 17 heavy (non-hydrogen) atoms. The van der Waals surface area contributed by atoms with E-state index in [0.717, 1.165) is 0 Å². The van der Waals surface area contributed by atoms with E-state index in [0.29, 0.717) is 23.0 Å². The number of halogens is 1. The number of methoxy groups -OCH3 is 1. The molecule has 0 atom stereocenters. The second-order valence-corrected chi connectivity index (χ2v) is 3.92. The van der Waals surface area contributed by atoms with E-state index < -0.39 is 0 Å². The summed E-state index contributed by atoms with van der Waals surface area (Å²) in [6.07, 6.45) is 0. The summed E-state index contributed by atoms with van der Waals surface area (Å²) in [7, 11) is 1.57. The molecule has 0 spiro atoms. The lowest BCUT2D eigenvalue weighted by atomic mass is 10.1. The average Bonchev–Trinajstić information content (AvgIpc) is 2.78. The van der Waals surface area contributed by atoms with Gasteiger partial charge in [0.05, 0.1) is 5.02 Å². The van der Waals surface area contributed by atoms with Gasteiger partial charge in [0.2, 0.25) is 5.78 Å². The number of furan rings is 1. The largest absolute Gasteiger partial charge is 0.455 e. The van der Waals surface area contributed by atoms with Gasteiger partial charge >= 0.3 is 0 Å². The SMILES string of the molecule is COCc1ccc(C(=O)c2ccccc2Cl)o1. The van der Waals surface area contributed by atoms with E-state index in [-0.39, 0.29) is 11.5 Å². The van der Waals surface area contributed by atoms with Crippen LogP contribution in [0.15, 0.2) is 40.8 Å². The zero-order valence-corrected chi connectivity index (χ0v) is 10.0. The Hall–Kier alpha value is -1.58. The van der Waals surface area contributed by atoms with Crippen molar-refractivity contribution in [2.45, 2.75) is 6.61 Å². The Morgan fingerprint density at radius 2 is 2.06 bits per heavy atom. The minimum Gasteiger partial charge on any atom is -0.455 e. The number of ketones is 1. The topological polar surface area (TPSA) is 39.4 Å². The number of hydrogen-bond acceptors (Lipinski definition) is 3. The van der Waals surface area contributed by atoms with Crippen LogP contribution in [0.25, 0.3) is 0 Å². The Morgan fingerprint density at radius 1 is 1.29 bits per heavy atom. The monoisotopic (exact) mass is 250 g/mol. The Morgan fingerprint density at radius 3 is 2.76 bits per heavy atom. The highest BCUT2D eigenvalue weighted by molar-refractivity contribution is 6.34. The molecule has 2 aromatic rings. The van der Waals surface area contributed by atoms with Crippen molar-refractivity contribution in [3.8, 4) is 0 Å². The van der Waals surface area contributed by atoms with Crippen molar-refractivity contribution in [3.63, 3.8) is 0 Å². The summed E-state index contributed by atoms with van der Waals surface area (Å²) in [6.45, 7) is 0.343. The van der Waals surface area contributed by atoms with Gasteiger partial charge < -0.3 is 9.15 Å². The van der Waals surface area contributed by atoms with Crippen molar-refractivity contribution in [1.29, 1.82) is 0 Å². The van der Waals surface area contributed by atoms with Crippen molar-refractivity contribution < 1.29 is 13.9 Å². The number of carbonyl (C=O) groups is 1. The Balaban J connectivity index is 2.28. The summed E-state index contributed by atoms with van der Waals surface area (Å²) >= 11 is 5.95. The smallest absolute Gasteiger partial charge is 0.229 e. The number of carbonyl (C=O) groups excluding carboxylic acids is 1. The second kappa shape index (κ2) is 5.17. The predicted octanol–water partition coefficient (Wildman–Crippen LogP) is 3.31. The Bertz CT molecular complexity index is 531. The van der Waals surface area contributed by atoms with Gasteiger partial charge in [-0.1, -0.05) is 23.7 Å². The van der Waals surface area contributed by atoms with E-state index in [2.05, 4.69) is 0 Å². The van der Waals surface area contributed by atoms with Gasteiger partial charge in [0.15, 0.2) is 5.76 Å². The van der Waals surface area contributed by atoms with Crippen molar-refractivity contribution in [1.82, 2.24) is 0 Å². The summed E-state index contributed by atoms with van der Waals surface area (Å²) in [4.78, 5) is 12.1. The van der Waals surface area contributed by atoms with Crippen LogP contribution in [-0.2, 0) is 11.3 Å². The number of ether oxygens (including phenoxy) is 1. The molecule has 0 saturated carbocycles. The van der Waals surface area contributed by atoms with Crippen LogP contribution in [0.1, 0.15) is 21.9 Å². The van der Waals surface area contributed by atoms with Crippen molar-refractivity contribution >= 4 is 17.4 Å². The molecular weight excluding hydrogens is 240 g/mol. The molecule has 1 aromatic carbocycles. The highest BCUT2D eigenvalue weighted by atomic mass is 35.5. The molecule has 0 unspecified atom stereocenters. The fourth-order valence-corrected chi connectivity index (χ4v) is 1.72. The maximum Gasteiger partial charge on any atom is 0.229 e. The van der Waals surface area contributed by atoms with Gasteiger partial charge in [-0.3, -0.25) is 4.79 Å². The first-order valence-corrected chi connectivity index (χ1v) is 5.47. The van der Waals surface area contributed by atoms with E-state index in [1.54, 1.807) is 43.5 Å². The van der Waals surface area contributed by atoms with Crippen molar-refractivity contribution in [3.05, 3.63) is 58.5 Å². The van der Waals surface area contributed by atoms with Gasteiger partial charge in [0.1, 0.15) is 12.4 Å². The van der Waals surface area contributed by atoms with Crippen LogP contribution in [-0.4, -0.2) is 12.9 Å². The third-order valence-corrected chi connectivity index (χ3v) is 2.62. The molecule has 0 radical (unpaired) electrons. The van der Waals surface area contributed by atoms with E-state index >= 15 is 0 Å². The molecule has 1 heterocycles. The molecular formula is C13H11ClO3. The molecule has 0 aliphatic rings. The maximum atomic E-state index is 12.1. The Labute approximate surface area is 104 Å². The molecule has 3 nitrogen and oxygen atoms in total. The van der Waals surface area contributed by atoms with Gasteiger partial charge in [-0.25, -0.2) is 0 Å². The van der Waals surface area contributed by atoms with Crippen LogP contribution >= 0.6 is 11.6 Å². The molecule has 0 saturated heterocycles. The lowest BCUT2D eigenvalue weighted by Crippen LogP contribution is -2.00. The first kappa shape index (κ1) is 11.9. The van der Waals surface area contributed by atoms with Gasteiger partial charge in [0, 0.05) is 12.7 Å². The minimum absolute atomic E-state index is 0.224. The third-order valence-electron chi connectivity index (χ3n) is 2.29. The van der Waals surface area contributed by atoms with E-state index in [4.69, 9.17) is 20.8 Å². The van der Waals surface area contributed by atoms with Crippen molar-refractivity contribution in [2.75, 3.05) is 7.11 Å². The van der Waals surface area contributed by atoms with Gasteiger partial charge in [-0.15, -0.1) is 0 Å². The van der Waals surface area contributed by atoms with Gasteiger partial charge in [0.25, 0.3) is 0 Å². The van der Waals surface area contributed by atoms with E-state index in [1.807, 2.05) is 0 Å². The third kappa shape index (κ3) is 2.57. The van der Waals surface area contributed by atoms with Crippen LogP contribution in [0.5, 0.6) is 0 Å². The highest BCUT2D eigenvalue weighted by Crippen LogP contribution is 2.20. The molecule has 2 rings (SSSR count). The summed E-state index contributed by atoms with van der Waals surface area (Å²) in [5.41, 5.74) is 0.437. The van der Waals surface area contributed by atoms with Crippen LogP contribution < -0.4 is 0 Å².